The molecule has 1 heterocycles. The number of nitrogens with one attached hydrogen (secondary N) is 1. The first kappa shape index (κ1) is 18.8. The quantitative estimate of drug-likeness (QED) is 0.719. The third-order valence-corrected chi connectivity index (χ3v) is 5.26. The summed E-state index contributed by atoms with van der Waals surface area (Å²) in [5, 5.41) is 8.70. The predicted molar refractivity (Wildman–Crippen MR) is 95.4 cm³/mol. The van der Waals surface area contributed by atoms with E-state index in [4.69, 9.17) is 5.14 Å². The number of benzene rings is 1. The Hall–Kier alpha value is -1.58. The molecule has 0 unspecified atom stereocenters. The van der Waals surface area contributed by atoms with E-state index in [1.54, 1.807) is 6.07 Å². The van der Waals surface area contributed by atoms with Crippen LogP contribution in [-0.4, -0.2) is 36.2 Å². The molecule has 1 aromatic carbocycles. The highest BCUT2D eigenvalue weighted by Gasteiger charge is 2.15. The average Bonchev–Trinajstić information content (AvgIpc) is 2.86. The number of hydrogen-bond donors (Lipinski definition) is 2. The van der Waals surface area contributed by atoms with Crippen molar-refractivity contribution in [2.24, 2.45) is 11.1 Å². The molecule has 0 radical (unpaired) electrons. The number of nitrogens with zero attached hydrogens (tertiary/aromatic N) is 2. The van der Waals surface area contributed by atoms with Crippen LogP contribution in [-0.2, 0) is 21.4 Å². The second kappa shape index (κ2) is 7.54. The van der Waals surface area contributed by atoms with E-state index in [0.717, 1.165) is 5.52 Å². The fourth-order valence-corrected chi connectivity index (χ4v) is 3.62. The van der Waals surface area contributed by atoms with Crippen molar-refractivity contribution in [3.63, 3.8) is 0 Å². The predicted octanol–water partition coefficient (Wildman–Crippen LogP) is 1.57. The van der Waals surface area contributed by atoms with Crippen LogP contribution in [0.15, 0.2) is 28.3 Å². The Balaban J connectivity index is 2.22. The number of hydrogen-bond acceptors (Lipinski definition) is 5. The topological polar surface area (TPSA) is 107 Å². The molecule has 0 spiro atoms. The van der Waals surface area contributed by atoms with Gasteiger partial charge in [-0.05, 0) is 31.0 Å². The SMILES string of the molecule is CCn1c(SCC(=O)NCC(C)C)nc2cc(S(N)(=O)=O)ccc21. The molecule has 0 fully saturated rings. The standard InChI is InChI=1S/C15H22N4O3S2/c1-4-19-13-6-5-11(24(16,21)22)7-12(13)18-15(19)23-9-14(20)17-8-10(2)3/h5-7,10H,4,8-9H2,1-3H3,(H,17,20)(H2,16,21,22). The van der Waals surface area contributed by atoms with E-state index in [-0.39, 0.29) is 16.6 Å². The molecule has 1 amide bonds. The van der Waals surface area contributed by atoms with Gasteiger partial charge >= 0.3 is 0 Å². The number of aromatic nitrogens is 2. The summed E-state index contributed by atoms with van der Waals surface area (Å²) >= 11 is 1.33. The van der Waals surface area contributed by atoms with Gasteiger partial charge in [0, 0.05) is 13.1 Å². The number of carbonyl (C=O) groups excluding carboxylic acids is 1. The maximum absolute atomic E-state index is 11.9. The highest BCUT2D eigenvalue weighted by molar-refractivity contribution is 7.99. The number of sulfonamides is 1. The van der Waals surface area contributed by atoms with Crippen LogP contribution >= 0.6 is 11.8 Å². The summed E-state index contributed by atoms with van der Waals surface area (Å²) in [4.78, 5) is 16.3. The summed E-state index contributed by atoms with van der Waals surface area (Å²) < 4.78 is 24.9. The molecular weight excluding hydrogens is 348 g/mol. The van der Waals surface area contributed by atoms with Gasteiger partial charge in [0.2, 0.25) is 15.9 Å². The van der Waals surface area contributed by atoms with Crippen molar-refractivity contribution < 1.29 is 13.2 Å². The second-order valence-electron chi connectivity index (χ2n) is 5.82. The van der Waals surface area contributed by atoms with Crippen molar-refractivity contribution in [3.8, 4) is 0 Å². The van der Waals surface area contributed by atoms with E-state index in [0.29, 0.717) is 29.7 Å². The zero-order valence-corrected chi connectivity index (χ0v) is 15.6. The van der Waals surface area contributed by atoms with E-state index in [1.165, 1.54) is 23.9 Å². The van der Waals surface area contributed by atoms with Gasteiger partial charge in [0.25, 0.3) is 0 Å². The summed E-state index contributed by atoms with van der Waals surface area (Å²) in [6, 6.07) is 4.61. The van der Waals surface area contributed by atoms with E-state index in [1.807, 2.05) is 25.3 Å². The molecule has 0 aliphatic carbocycles. The molecule has 24 heavy (non-hydrogen) atoms. The molecular formula is C15H22N4O3S2. The number of aryl methyl sites for hydroxylation is 1. The van der Waals surface area contributed by atoms with Crippen molar-refractivity contribution in [1.29, 1.82) is 0 Å². The molecule has 0 bridgehead atoms. The number of rotatable bonds is 7. The molecule has 9 heteroatoms. The molecule has 2 rings (SSSR count). The molecule has 0 atom stereocenters. The Morgan fingerprint density at radius 1 is 1.42 bits per heavy atom. The summed E-state index contributed by atoms with van der Waals surface area (Å²) in [6.45, 7) is 7.35. The fourth-order valence-electron chi connectivity index (χ4n) is 2.18. The van der Waals surface area contributed by atoms with Crippen LogP contribution in [0.4, 0.5) is 0 Å². The first-order valence-electron chi connectivity index (χ1n) is 7.65. The number of imidazole rings is 1. The van der Waals surface area contributed by atoms with E-state index in [2.05, 4.69) is 10.3 Å². The number of nitrogens with two attached hydrogens (primary N) is 1. The Morgan fingerprint density at radius 3 is 2.71 bits per heavy atom. The zero-order chi connectivity index (χ0) is 17.9. The molecule has 2 aromatic rings. The maximum Gasteiger partial charge on any atom is 0.238 e. The highest BCUT2D eigenvalue weighted by atomic mass is 32.2. The van der Waals surface area contributed by atoms with Gasteiger partial charge in [0.15, 0.2) is 5.16 Å². The third-order valence-electron chi connectivity index (χ3n) is 3.37. The molecule has 132 valence electrons. The number of amides is 1. The minimum atomic E-state index is -3.77. The van der Waals surface area contributed by atoms with E-state index < -0.39 is 10.0 Å². The molecule has 0 saturated heterocycles. The summed E-state index contributed by atoms with van der Waals surface area (Å²) in [5.41, 5.74) is 1.36. The average molecular weight is 371 g/mol. The van der Waals surface area contributed by atoms with Crippen LogP contribution in [0.1, 0.15) is 20.8 Å². The number of fused-ring (bicyclic) bond motifs is 1. The van der Waals surface area contributed by atoms with Gasteiger partial charge in [-0.25, -0.2) is 18.5 Å². The molecule has 7 nitrogen and oxygen atoms in total. The lowest BCUT2D eigenvalue weighted by Crippen LogP contribution is -2.28. The largest absolute Gasteiger partial charge is 0.355 e. The Morgan fingerprint density at radius 2 is 2.12 bits per heavy atom. The van der Waals surface area contributed by atoms with E-state index >= 15 is 0 Å². The van der Waals surface area contributed by atoms with Crippen molar-refractivity contribution >= 4 is 38.7 Å². The van der Waals surface area contributed by atoms with Gasteiger partial charge in [-0.15, -0.1) is 0 Å². The van der Waals surface area contributed by atoms with Gasteiger partial charge in [-0.2, -0.15) is 0 Å². The first-order valence-corrected chi connectivity index (χ1v) is 10.2. The zero-order valence-electron chi connectivity index (χ0n) is 13.9. The summed E-state index contributed by atoms with van der Waals surface area (Å²) in [7, 11) is -3.77. The van der Waals surface area contributed by atoms with E-state index in [9.17, 15) is 13.2 Å². The second-order valence-corrected chi connectivity index (χ2v) is 8.32. The van der Waals surface area contributed by atoms with Crippen LogP contribution < -0.4 is 10.5 Å². The Kier molecular flexibility index (Phi) is 5.89. The lowest BCUT2D eigenvalue weighted by atomic mass is 10.2. The highest BCUT2D eigenvalue weighted by Crippen LogP contribution is 2.25. The molecule has 1 aromatic heterocycles. The van der Waals surface area contributed by atoms with Crippen LogP contribution in [0.5, 0.6) is 0 Å². The maximum atomic E-state index is 11.9. The minimum absolute atomic E-state index is 0.0296. The third kappa shape index (κ3) is 4.49. The van der Waals surface area contributed by atoms with Crippen molar-refractivity contribution in [2.75, 3.05) is 12.3 Å². The summed E-state index contributed by atoms with van der Waals surface area (Å²) in [5.74, 6) is 0.613. The number of carbonyl (C=O) groups is 1. The van der Waals surface area contributed by atoms with Crippen molar-refractivity contribution in [2.45, 2.75) is 37.4 Å². The fraction of sp³-hybridized carbons (Fsp3) is 0.467. The van der Waals surface area contributed by atoms with Crippen LogP contribution in [0, 0.1) is 5.92 Å². The Labute approximate surface area is 146 Å². The normalized spacial score (nSPS) is 12.0. The molecule has 3 N–H and O–H groups in total. The van der Waals surface area contributed by atoms with Gasteiger partial charge in [0.1, 0.15) is 0 Å². The van der Waals surface area contributed by atoms with Crippen LogP contribution in [0.3, 0.4) is 0 Å². The monoisotopic (exact) mass is 370 g/mol. The number of thioether (sulfide) groups is 1. The first-order chi connectivity index (χ1) is 11.2. The molecule has 0 aliphatic rings. The van der Waals surface area contributed by atoms with Gasteiger partial charge < -0.3 is 9.88 Å². The molecule has 0 aliphatic heterocycles. The van der Waals surface area contributed by atoms with Crippen molar-refractivity contribution in [3.05, 3.63) is 18.2 Å². The van der Waals surface area contributed by atoms with Crippen molar-refractivity contribution in [1.82, 2.24) is 14.9 Å². The number of primary sulfonamides is 1. The van der Waals surface area contributed by atoms with Gasteiger partial charge in [-0.3, -0.25) is 4.79 Å². The lowest BCUT2D eigenvalue weighted by molar-refractivity contribution is -0.118. The van der Waals surface area contributed by atoms with Crippen LogP contribution in [0.25, 0.3) is 11.0 Å². The van der Waals surface area contributed by atoms with Gasteiger partial charge in [-0.1, -0.05) is 25.6 Å². The van der Waals surface area contributed by atoms with Gasteiger partial charge in [0.05, 0.1) is 21.7 Å². The molecule has 0 saturated carbocycles. The Bertz CT molecular complexity index is 844. The smallest absolute Gasteiger partial charge is 0.238 e. The summed E-state index contributed by atoms with van der Waals surface area (Å²) in [6.07, 6.45) is 0. The lowest BCUT2D eigenvalue weighted by Gasteiger charge is -2.08. The van der Waals surface area contributed by atoms with Crippen LogP contribution in [0.2, 0.25) is 0 Å². The minimum Gasteiger partial charge on any atom is -0.355 e.